The lowest BCUT2D eigenvalue weighted by molar-refractivity contribution is 0.434. The summed E-state index contributed by atoms with van der Waals surface area (Å²) >= 11 is 0. The van der Waals surface area contributed by atoms with Crippen LogP contribution in [-0.4, -0.2) is 19.9 Å². The molecule has 3 heterocycles. The predicted molar refractivity (Wildman–Crippen MR) is 241 cm³/mol. The Morgan fingerprint density at radius 3 is 1.35 bits per heavy atom. The van der Waals surface area contributed by atoms with E-state index < -0.39 is 5.41 Å². The van der Waals surface area contributed by atoms with Crippen LogP contribution in [0.25, 0.3) is 67.2 Å². The Morgan fingerprint density at radius 1 is 0.350 bits per heavy atom. The molecule has 8 aromatic carbocycles. The molecule has 2 aromatic heterocycles. The van der Waals surface area contributed by atoms with Crippen molar-refractivity contribution in [2.24, 2.45) is 0 Å². The van der Waals surface area contributed by atoms with Gasteiger partial charge in [-0.25, -0.2) is 15.0 Å². The maximum atomic E-state index is 6.60. The summed E-state index contributed by atoms with van der Waals surface area (Å²) in [5.74, 6) is 3.62. The van der Waals surface area contributed by atoms with Gasteiger partial charge in [-0.05, 0) is 57.0 Å². The van der Waals surface area contributed by atoms with Gasteiger partial charge >= 0.3 is 0 Å². The van der Waals surface area contributed by atoms with Gasteiger partial charge in [0.25, 0.3) is 0 Å². The third-order valence-electron chi connectivity index (χ3n) is 11.6. The van der Waals surface area contributed by atoms with E-state index in [2.05, 4.69) is 138 Å². The van der Waals surface area contributed by atoms with Crippen molar-refractivity contribution in [2.45, 2.75) is 5.41 Å². The first-order valence-corrected chi connectivity index (χ1v) is 20.1. The maximum absolute atomic E-state index is 6.60. The largest absolute Gasteiger partial charge is 0.457 e. The van der Waals surface area contributed by atoms with Crippen molar-refractivity contribution in [1.82, 2.24) is 19.9 Å². The zero-order chi connectivity index (χ0) is 39.9. The van der Waals surface area contributed by atoms with E-state index in [1.54, 1.807) is 0 Å². The van der Waals surface area contributed by atoms with Gasteiger partial charge < -0.3 is 4.74 Å². The highest BCUT2D eigenvalue weighted by atomic mass is 16.5. The number of aromatic nitrogens is 4. The van der Waals surface area contributed by atoms with Crippen LogP contribution in [-0.2, 0) is 5.41 Å². The van der Waals surface area contributed by atoms with Crippen molar-refractivity contribution in [3.05, 3.63) is 241 Å². The number of nitrogens with zero attached hydrogens (tertiary/aromatic N) is 4. The standard InChI is InChI=1S/C55H36N4O/c1-3-12-41(13-4-1)52-57-53(42-14-5-2-6-15-42)59-54(58-52)43-24-22-37(23-25-43)38-26-30-44(31-27-38)55(48-18-7-9-20-50(48)60-51-21-10-8-19-49(51)55)45-32-28-40(29-33-45)46-17-11-16-39-34-35-56-36-47(39)46/h1-36H. The summed E-state index contributed by atoms with van der Waals surface area (Å²) in [5, 5.41) is 2.31. The summed E-state index contributed by atoms with van der Waals surface area (Å²) in [4.78, 5) is 19.2. The number of fused-ring (bicyclic) bond motifs is 3. The number of ether oxygens (including phenoxy) is 1. The summed E-state index contributed by atoms with van der Waals surface area (Å²) < 4.78 is 6.60. The Kier molecular flexibility index (Phi) is 8.63. The van der Waals surface area contributed by atoms with Gasteiger partial charge in [0.1, 0.15) is 11.5 Å². The van der Waals surface area contributed by atoms with E-state index >= 15 is 0 Å². The Morgan fingerprint density at radius 2 is 0.800 bits per heavy atom. The fourth-order valence-corrected chi connectivity index (χ4v) is 8.71. The van der Waals surface area contributed by atoms with Crippen molar-refractivity contribution >= 4 is 10.8 Å². The van der Waals surface area contributed by atoms with E-state index in [9.17, 15) is 0 Å². The van der Waals surface area contributed by atoms with Crippen molar-refractivity contribution in [2.75, 3.05) is 0 Å². The topological polar surface area (TPSA) is 60.8 Å². The van der Waals surface area contributed by atoms with E-state index in [0.29, 0.717) is 17.5 Å². The Hall–Kier alpha value is -8.02. The van der Waals surface area contributed by atoms with Crippen LogP contribution in [0.15, 0.2) is 219 Å². The molecule has 10 aromatic rings. The highest BCUT2D eigenvalue weighted by Gasteiger charge is 2.45. The SMILES string of the molecule is c1ccc(-c2nc(-c3ccccc3)nc(-c3ccc(-c4ccc(C5(c6ccc(-c7cccc8ccncc78)cc6)c6ccccc6Oc6ccccc65)cc4)cc3)n2)cc1. The number of pyridine rings is 1. The second-order valence-corrected chi connectivity index (χ2v) is 15.0. The third kappa shape index (κ3) is 6.03. The van der Waals surface area contributed by atoms with Gasteiger partial charge in [-0.15, -0.1) is 0 Å². The highest BCUT2D eigenvalue weighted by molar-refractivity contribution is 5.96. The number of rotatable bonds is 7. The number of hydrogen-bond acceptors (Lipinski definition) is 5. The first kappa shape index (κ1) is 35.2. The molecule has 0 bridgehead atoms. The lowest BCUT2D eigenvalue weighted by Gasteiger charge is -2.41. The van der Waals surface area contributed by atoms with Crippen molar-refractivity contribution in [3.8, 4) is 67.9 Å². The van der Waals surface area contributed by atoms with Gasteiger partial charge in [0.15, 0.2) is 17.5 Å². The minimum absolute atomic E-state index is 0.631. The van der Waals surface area contributed by atoms with Crippen LogP contribution in [0.1, 0.15) is 22.3 Å². The van der Waals surface area contributed by atoms with Crippen LogP contribution in [0.5, 0.6) is 11.5 Å². The van der Waals surface area contributed by atoms with Crippen LogP contribution < -0.4 is 4.74 Å². The zero-order valence-corrected chi connectivity index (χ0v) is 32.5. The normalized spacial score (nSPS) is 12.6. The van der Waals surface area contributed by atoms with Crippen molar-refractivity contribution in [3.63, 3.8) is 0 Å². The molecule has 0 spiro atoms. The second-order valence-electron chi connectivity index (χ2n) is 15.0. The second kappa shape index (κ2) is 14.7. The molecule has 11 rings (SSSR count). The highest BCUT2D eigenvalue weighted by Crippen LogP contribution is 2.55. The van der Waals surface area contributed by atoms with Crippen LogP contribution in [0.2, 0.25) is 0 Å². The summed E-state index contributed by atoms with van der Waals surface area (Å²) in [7, 11) is 0. The van der Waals surface area contributed by atoms with Crippen LogP contribution in [0.3, 0.4) is 0 Å². The van der Waals surface area contributed by atoms with Crippen LogP contribution >= 0.6 is 0 Å². The lowest BCUT2D eigenvalue weighted by atomic mass is 9.63. The molecule has 5 heteroatoms. The molecule has 0 N–H and O–H groups in total. The van der Waals surface area contributed by atoms with E-state index in [1.165, 1.54) is 5.39 Å². The van der Waals surface area contributed by atoms with Gasteiger partial charge in [0, 0.05) is 45.6 Å². The molecule has 0 aliphatic carbocycles. The summed E-state index contributed by atoms with van der Waals surface area (Å²) in [5.41, 5.74) is 11.2. The fraction of sp³-hybridized carbons (Fsp3) is 0.0182. The van der Waals surface area contributed by atoms with Crippen molar-refractivity contribution < 1.29 is 4.74 Å². The van der Waals surface area contributed by atoms with E-state index in [1.807, 2.05) is 85.2 Å². The van der Waals surface area contributed by atoms with Gasteiger partial charge in [-0.3, -0.25) is 4.98 Å². The quantitative estimate of drug-likeness (QED) is 0.162. The monoisotopic (exact) mass is 768 g/mol. The van der Waals surface area contributed by atoms with E-state index in [-0.39, 0.29) is 0 Å². The summed E-state index contributed by atoms with van der Waals surface area (Å²) in [6.07, 6.45) is 3.80. The number of benzene rings is 8. The minimum atomic E-state index is -0.641. The van der Waals surface area contributed by atoms with Gasteiger partial charge in [-0.1, -0.05) is 188 Å². The molecule has 60 heavy (non-hydrogen) atoms. The molecule has 0 amide bonds. The van der Waals surface area contributed by atoms with Gasteiger partial charge in [-0.2, -0.15) is 0 Å². The van der Waals surface area contributed by atoms with E-state index in [4.69, 9.17) is 19.7 Å². The fourth-order valence-electron chi connectivity index (χ4n) is 8.71. The number of para-hydroxylation sites is 2. The molecule has 0 fully saturated rings. The lowest BCUT2D eigenvalue weighted by Crippen LogP contribution is -2.34. The molecule has 1 aliphatic heterocycles. The predicted octanol–water partition coefficient (Wildman–Crippen LogP) is 13.2. The molecule has 1 aliphatic rings. The molecule has 0 radical (unpaired) electrons. The molecule has 0 saturated heterocycles. The molecule has 5 nitrogen and oxygen atoms in total. The third-order valence-corrected chi connectivity index (χ3v) is 11.6. The number of hydrogen-bond donors (Lipinski definition) is 0. The van der Waals surface area contributed by atoms with Crippen LogP contribution in [0, 0.1) is 0 Å². The van der Waals surface area contributed by atoms with Gasteiger partial charge in [0.05, 0.1) is 5.41 Å². The average Bonchev–Trinajstić information content (AvgIpc) is 3.34. The molecular weight excluding hydrogens is 733 g/mol. The summed E-state index contributed by atoms with van der Waals surface area (Å²) in [6, 6.07) is 72.0. The maximum Gasteiger partial charge on any atom is 0.164 e. The van der Waals surface area contributed by atoms with Crippen molar-refractivity contribution in [1.29, 1.82) is 0 Å². The Balaban J connectivity index is 0.994. The Bertz CT molecular complexity index is 3040. The smallest absolute Gasteiger partial charge is 0.164 e. The molecule has 0 saturated carbocycles. The van der Waals surface area contributed by atoms with E-state index in [0.717, 1.165) is 78.1 Å². The zero-order valence-electron chi connectivity index (χ0n) is 32.5. The molecule has 0 atom stereocenters. The first-order chi connectivity index (χ1) is 29.7. The first-order valence-electron chi connectivity index (χ1n) is 20.1. The van der Waals surface area contributed by atoms with Crippen LogP contribution in [0.4, 0.5) is 0 Å². The Labute approximate surface area is 348 Å². The summed E-state index contributed by atoms with van der Waals surface area (Å²) in [6.45, 7) is 0. The molecule has 282 valence electrons. The minimum Gasteiger partial charge on any atom is -0.457 e. The average molecular weight is 769 g/mol. The molecular formula is C55H36N4O. The van der Waals surface area contributed by atoms with Gasteiger partial charge in [0.2, 0.25) is 0 Å². The molecule has 0 unspecified atom stereocenters.